The molecule has 3 aromatic carbocycles. The van der Waals surface area contributed by atoms with E-state index in [9.17, 15) is 24.6 Å². The molecule has 0 fully saturated rings. The highest BCUT2D eigenvalue weighted by Crippen LogP contribution is 2.44. The Morgan fingerprint density at radius 2 is 1.68 bits per heavy atom. The zero-order chi connectivity index (χ0) is 21.7. The number of carboxylic acids is 1. The molecule has 0 radical (unpaired) electrons. The first-order chi connectivity index (χ1) is 15.0. The molecule has 0 atom stereocenters. The minimum atomic E-state index is -1.10. The average Bonchev–Trinajstić information content (AvgIpc) is 2.77. The molecule has 0 amide bonds. The van der Waals surface area contributed by atoms with Crippen molar-refractivity contribution in [3.05, 3.63) is 88.1 Å². The number of phenols is 1. The molecule has 0 saturated carbocycles. The number of fused-ring (bicyclic) bond motifs is 4. The number of hydrogen-bond acceptors (Lipinski definition) is 5. The molecule has 6 nitrogen and oxygen atoms in total. The number of rotatable bonds is 3. The maximum atomic E-state index is 12.3. The lowest BCUT2D eigenvalue weighted by atomic mass is 9.88. The third-order valence-corrected chi connectivity index (χ3v) is 5.40. The van der Waals surface area contributed by atoms with Gasteiger partial charge in [-0.05, 0) is 53.4 Å². The van der Waals surface area contributed by atoms with Crippen LogP contribution < -0.4 is 5.43 Å². The summed E-state index contributed by atoms with van der Waals surface area (Å²) in [6.07, 6.45) is 0.448. The van der Waals surface area contributed by atoms with Crippen LogP contribution in [0.15, 0.2) is 75.9 Å². The SMILES string of the molecule is O=Cc1c2oc3c(ccc4cc(O)ccc43)c(-c3ccccc3C(=O)O)c-2ccc1=O. The van der Waals surface area contributed by atoms with Gasteiger partial charge in [-0.25, -0.2) is 4.79 Å². The van der Waals surface area contributed by atoms with Crippen LogP contribution in [0.2, 0.25) is 0 Å². The number of hydrogen-bond donors (Lipinski definition) is 2. The largest absolute Gasteiger partial charge is 0.508 e. The van der Waals surface area contributed by atoms with Crippen LogP contribution in [0.1, 0.15) is 20.7 Å². The minimum Gasteiger partial charge on any atom is -0.508 e. The molecule has 1 aliphatic carbocycles. The van der Waals surface area contributed by atoms with Gasteiger partial charge in [0, 0.05) is 21.9 Å². The van der Waals surface area contributed by atoms with Crippen LogP contribution >= 0.6 is 0 Å². The van der Waals surface area contributed by atoms with Gasteiger partial charge in [0.05, 0.1) is 5.56 Å². The van der Waals surface area contributed by atoms with E-state index in [1.54, 1.807) is 48.5 Å². The monoisotopic (exact) mass is 410 g/mol. The predicted molar refractivity (Wildman–Crippen MR) is 116 cm³/mol. The molecule has 0 spiro atoms. The third-order valence-electron chi connectivity index (χ3n) is 5.40. The van der Waals surface area contributed by atoms with E-state index in [-0.39, 0.29) is 22.6 Å². The molecule has 31 heavy (non-hydrogen) atoms. The van der Waals surface area contributed by atoms with E-state index in [1.807, 2.05) is 0 Å². The van der Waals surface area contributed by atoms with Gasteiger partial charge in [-0.15, -0.1) is 0 Å². The minimum absolute atomic E-state index is 0.0829. The van der Waals surface area contributed by atoms with Crippen LogP contribution in [0.25, 0.3) is 44.2 Å². The summed E-state index contributed by atoms with van der Waals surface area (Å²) in [5, 5.41) is 21.6. The molecule has 5 rings (SSSR count). The summed E-state index contributed by atoms with van der Waals surface area (Å²) in [7, 11) is 0. The van der Waals surface area contributed by atoms with Gasteiger partial charge in [0.15, 0.2) is 11.7 Å². The van der Waals surface area contributed by atoms with Gasteiger partial charge in [0.2, 0.25) is 0 Å². The maximum Gasteiger partial charge on any atom is 0.336 e. The van der Waals surface area contributed by atoms with Gasteiger partial charge < -0.3 is 14.6 Å². The number of aromatic carboxylic acids is 1. The van der Waals surface area contributed by atoms with Crippen LogP contribution in [0.4, 0.5) is 0 Å². The Hall–Kier alpha value is -4.45. The summed E-state index contributed by atoms with van der Waals surface area (Å²) in [5.74, 6) is -0.926. The van der Waals surface area contributed by atoms with E-state index in [4.69, 9.17) is 4.42 Å². The van der Waals surface area contributed by atoms with Crippen LogP contribution in [0.3, 0.4) is 0 Å². The molecule has 6 heteroatoms. The second-order valence-corrected chi connectivity index (χ2v) is 7.15. The highest BCUT2D eigenvalue weighted by molar-refractivity contribution is 6.15. The van der Waals surface area contributed by atoms with E-state index in [0.717, 1.165) is 0 Å². The van der Waals surface area contributed by atoms with Gasteiger partial charge in [0.1, 0.15) is 22.7 Å². The lowest BCUT2D eigenvalue weighted by Gasteiger charge is -2.18. The molecule has 0 unspecified atom stereocenters. The summed E-state index contributed by atoms with van der Waals surface area (Å²) < 4.78 is 6.10. The highest BCUT2D eigenvalue weighted by atomic mass is 16.4. The standard InChI is InChI=1S/C25H14O6/c26-12-20-21(28)10-9-19-22(16-3-1-2-4-17(16)25(29)30)18-7-5-13-11-14(27)6-8-15(13)23(18)31-24(19)20/h1-12,27H,(H,29,30). The fraction of sp³-hybridized carbons (Fsp3) is 0. The zero-order valence-electron chi connectivity index (χ0n) is 16.0. The quantitative estimate of drug-likeness (QED) is 0.248. The number of aromatic hydroxyl groups is 1. The number of carboxylic acid groups (broad SMARTS) is 1. The topological polar surface area (TPSA) is 105 Å². The van der Waals surface area contributed by atoms with Gasteiger partial charge in [-0.1, -0.05) is 24.3 Å². The van der Waals surface area contributed by atoms with Crippen LogP contribution in [0.5, 0.6) is 5.75 Å². The second-order valence-electron chi connectivity index (χ2n) is 7.15. The van der Waals surface area contributed by atoms with Crippen LogP contribution in [0, 0.1) is 0 Å². The Kier molecular flexibility index (Phi) is 4.08. The normalized spacial score (nSPS) is 11.2. The smallest absolute Gasteiger partial charge is 0.336 e. The highest BCUT2D eigenvalue weighted by Gasteiger charge is 2.25. The fourth-order valence-electron chi connectivity index (χ4n) is 4.02. The number of carbonyl (C=O) groups excluding carboxylic acids is 1. The molecule has 0 saturated heterocycles. The third kappa shape index (κ3) is 2.77. The van der Waals surface area contributed by atoms with Crippen molar-refractivity contribution in [2.45, 2.75) is 0 Å². The van der Waals surface area contributed by atoms with E-state index in [1.165, 1.54) is 18.2 Å². The van der Waals surface area contributed by atoms with E-state index in [0.29, 0.717) is 44.7 Å². The first kappa shape index (κ1) is 18.6. The first-order valence-electron chi connectivity index (χ1n) is 9.42. The van der Waals surface area contributed by atoms with Crippen molar-refractivity contribution in [1.29, 1.82) is 0 Å². The molecule has 3 aromatic rings. The predicted octanol–water partition coefficient (Wildman–Crippen LogP) is 4.93. The summed E-state index contributed by atoms with van der Waals surface area (Å²) in [6.45, 7) is 0. The Morgan fingerprint density at radius 3 is 2.45 bits per heavy atom. The summed E-state index contributed by atoms with van der Waals surface area (Å²) >= 11 is 0. The Morgan fingerprint density at radius 1 is 0.903 bits per heavy atom. The van der Waals surface area contributed by atoms with E-state index < -0.39 is 11.4 Å². The molecular formula is C25H14O6. The van der Waals surface area contributed by atoms with Crippen molar-refractivity contribution in [2.75, 3.05) is 0 Å². The average molecular weight is 410 g/mol. The molecule has 1 aliphatic heterocycles. The summed E-state index contributed by atoms with van der Waals surface area (Å²) in [4.78, 5) is 36.0. The number of phenolic OH excluding ortho intramolecular Hbond substituents is 1. The van der Waals surface area contributed by atoms with Crippen molar-refractivity contribution in [3.8, 4) is 28.2 Å². The van der Waals surface area contributed by atoms with Gasteiger partial charge in [0.25, 0.3) is 0 Å². The van der Waals surface area contributed by atoms with Gasteiger partial charge in [-0.2, -0.15) is 0 Å². The Labute approximate surface area is 174 Å². The Bertz CT molecular complexity index is 1560. The van der Waals surface area contributed by atoms with Crippen LogP contribution in [-0.4, -0.2) is 22.5 Å². The molecule has 0 aromatic heterocycles. The number of benzene rings is 4. The maximum absolute atomic E-state index is 12.3. The van der Waals surface area contributed by atoms with Crippen LogP contribution in [-0.2, 0) is 0 Å². The lowest BCUT2D eigenvalue weighted by molar-refractivity contribution is 0.0697. The van der Waals surface area contributed by atoms with E-state index in [2.05, 4.69) is 0 Å². The van der Waals surface area contributed by atoms with Crippen molar-refractivity contribution in [2.24, 2.45) is 0 Å². The molecule has 150 valence electrons. The van der Waals surface area contributed by atoms with Crippen molar-refractivity contribution in [1.82, 2.24) is 0 Å². The lowest BCUT2D eigenvalue weighted by Crippen LogP contribution is -2.10. The number of carbonyl (C=O) groups is 2. The van der Waals surface area contributed by atoms with Gasteiger partial charge in [-0.3, -0.25) is 9.59 Å². The van der Waals surface area contributed by atoms with Gasteiger partial charge >= 0.3 is 5.97 Å². The van der Waals surface area contributed by atoms with Crippen molar-refractivity contribution < 1.29 is 24.2 Å². The Balaban J connectivity index is 2.07. The molecular weight excluding hydrogens is 396 g/mol. The molecule has 2 N–H and O–H groups in total. The first-order valence-corrected chi connectivity index (χ1v) is 9.42. The summed E-state index contributed by atoms with van der Waals surface area (Å²) in [5.41, 5.74) is 1.29. The number of aldehydes is 1. The van der Waals surface area contributed by atoms with Crippen molar-refractivity contribution in [3.63, 3.8) is 0 Å². The zero-order valence-corrected chi connectivity index (χ0v) is 16.0. The molecule has 0 bridgehead atoms. The van der Waals surface area contributed by atoms with E-state index >= 15 is 0 Å². The molecule has 1 heterocycles. The fourth-order valence-corrected chi connectivity index (χ4v) is 4.02. The van der Waals surface area contributed by atoms with Crippen molar-refractivity contribution >= 4 is 34.0 Å². The molecule has 2 aliphatic rings. The second kappa shape index (κ2) is 6.81. The summed E-state index contributed by atoms with van der Waals surface area (Å²) in [6, 6.07) is 17.7.